The van der Waals surface area contributed by atoms with E-state index in [1.165, 1.54) is 4.90 Å². The van der Waals surface area contributed by atoms with E-state index in [4.69, 9.17) is 4.74 Å². The van der Waals surface area contributed by atoms with Gasteiger partial charge in [-0.05, 0) is 23.8 Å². The van der Waals surface area contributed by atoms with E-state index < -0.39 is 0 Å². The lowest BCUT2D eigenvalue weighted by Gasteiger charge is -2.15. The molecule has 0 heterocycles. The Balaban J connectivity index is 1.88. The second-order valence-electron chi connectivity index (χ2n) is 6.53. The van der Waals surface area contributed by atoms with Gasteiger partial charge in [-0.25, -0.2) is 0 Å². The van der Waals surface area contributed by atoms with Gasteiger partial charge in [-0.1, -0.05) is 43.3 Å². The average Bonchev–Trinajstić information content (AvgIpc) is 2.58. The molecule has 0 aliphatic heterocycles. The van der Waals surface area contributed by atoms with E-state index in [2.05, 4.69) is 26.3 Å². The molecular formula is C20H27N2O2+. The fourth-order valence-corrected chi connectivity index (χ4v) is 2.61. The predicted molar refractivity (Wildman–Crippen MR) is 96.4 cm³/mol. The van der Waals surface area contributed by atoms with Crippen LogP contribution in [-0.2, 0) is 6.61 Å². The van der Waals surface area contributed by atoms with Gasteiger partial charge in [0.15, 0.2) is 0 Å². The van der Waals surface area contributed by atoms with Crippen LogP contribution in [0.25, 0.3) is 0 Å². The van der Waals surface area contributed by atoms with Gasteiger partial charge in [0.25, 0.3) is 5.91 Å². The van der Waals surface area contributed by atoms with E-state index in [0.29, 0.717) is 30.4 Å². The Morgan fingerprint density at radius 1 is 1.12 bits per heavy atom. The van der Waals surface area contributed by atoms with Crippen molar-refractivity contribution in [1.82, 2.24) is 5.32 Å². The first-order valence-corrected chi connectivity index (χ1v) is 8.38. The van der Waals surface area contributed by atoms with E-state index >= 15 is 0 Å². The highest BCUT2D eigenvalue weighted by atomic mass is 16.5. The topological polar surface area (TPSA) is 42.8 Å². The Morgan fingerprint density at radius 3 is 2.58 bits per heavy atom. The first-order chi connectivity index (χ1) is 11.5. The number of hydrogen-bond acceptors (Lipinski definition) is 2. The van der Waals surface area contributed by atoms with Crippen LogP contribution in [0.3, 0.4) is 0 Å². The van der Waals surface area contributed by atoms with Crippen molar-refractivity contribution >= 4 is 5.91 Å². The fourth-order valence-electron chi connectivity index (χ4n) is 2.61. The predicted octanol–water partition coefficient (Wildman–Crippen LogP) is 1.78. The number of benzene rings is 2. The van der Waals surface area contributed by atoms with E-state index in [9.17, 15) is 4.79 Å². The lowest BCUT2D eigenvalue weighted by molar-refractivity contribution is -0.861. The Labute approximate surface area is 144 Å². The van der Waals surface area contributed by atoms with E-state index in [-0.39, 0.29) is 5.91 Å². The molecule has 0 saturated heterocycles. The molecule has 24 heavy (non-hydrogen) atoms. The molecule has 0 radical (unpaired) electrons. The van der Waals surface area contributed by atoms with E-state index in [0.717, 1.165) is 12.1 Å². The number of amides is 1. The number of ether oxygens (including phenoxy) is 1. The molecular weight excluding hydrogens is 300 g/mol. The lowest BCUT2D eigenvalue weighted by atomic mass is 10.1. The molecule has 4 nitrogen and oxygen atoms in total. The van der Waals surface area contributed by atoms with Crippen molar-refractivity contribution in [2.75, 3.05) is 27.2 Å². The molecule has 0 aromatic heterocycles. The molecule has 128 valence electrons. The summed E-state index contributed by atoms with van der Waals surface area (Å²) in [6, 6.07) is 17.3. The summed E-state index contributed by atoms with van der Waals surface area (Å²) in [6.07, 6.45) is 0. The van der Waals surface area contributed by atoms with Gasteiger partial charge in [-0.3, -0.25) is 4.79 Å². The normalized spacial score (nSPS) is 12.0. The second-order valence-corrected chi connectivity index (χ2v) is 6.53. The molecule has 0 aliphatic carbocycles. The first-order valence-electron chi connectivity index (χ1n) is 8.38. The van der Waals surface area contributed by atoms with Crippen molar-refractivity contribution in [3.8, 4) is 5.75 Å². The number of nitrogens with one attached hydrogen (secondary N) is 2. The first kappa shape index (κ1) is 18.0. The summed E-state index contributed by atoms with van der Waals surface area (Å²) < 4.78 is 5.78. The lowest BCUT2D eigenvalue weighted by Crippen LogP contribution is -3.06. The zero-order valence-electron chi connectivity index (χ0n) is 14.7. The van der Waals surface area contributed by atoms with Crippen LogP contribution in [-0.4, -0.2) is 33.1 Å². The van der Waals surface area contributed by atoms with Gasteiger partial charge in [0.1, 0.15) is 12.4 Å². The molecule has 0 bridgehead atoms. The summed E-state index contributed by atoms with van der Waals surface area (Å²) in [5.41, 5.74) is 1.73. The van der Waals surface area contributed by atoms with Crippen LogP contribution in [0.5, 0.6) is 5.75 Å². The third-order valence-corrected chi connectivity index (χ3v) is 3.71. The van der Waals surface area contributed by atoms with E-state index in [1.54, 1.807) is 6.07 Å². The smallest absolute Gasteiger partial charge is 0.251 e. The summed E-state index contributed by atoms with van der Waals surface area (Å²) >= 11 is 0. The third kappa shape index (κ3) is 6.05. The minimum Gasteiger partial charge on any atom is -0.489 e. The van der Waals surface area contributed by atoms with Crippen molar-refractivity contribution in [2.45, 2.75) is 13.5 Å². The summed E-state index contributed by atoms with van der Waals surface area (Å²) in [5, 5.41) is 3.00. The molecule has 2 N–H and O–H groups in total. The monoisotopic (exact) mass is 327 g/mol. The Hall–Kier alpha value is -2.33. The maximum atomic E-state index is 12.3. The van der Waals surface area contributed by atoms with Gasteiger partial charge >= 0.3 is 0 Å². The van der Waals surface area contributed by atoms with Crippen LogP contribution in [0.15, 0.2) is 54.6 Å². The highest BCUT2D eigenvalue weighted by molar-refractivity contribution is 5.94. The number of quaternary nitrogens is 1. The Bertz CT molecular complexity index is 641. The maximum absolute atomic E-state index is 12.3. The molecule has 1 amide bonds. The van der Waals surface area contributed by atoms with Gasteiger partial charge in [0, 0.05) is 18.0 Å². The van der Waals surface area contributed by atoms with Crippen LogP contribution < -0.4 is 15.0 Å². The van der Waals surface area contributed by atoms with Crippen LogP contribution in [0.1, 0.15) is 22.8 Å². The van der Waals surface area contributed by atoms with Crippen molar-refractivity contribution in [3.63, 3.8) is 0 Å². The molecule has 0 fully saturated rings. The minimum atomic E-state index is -0.0548. The molecule has 2 aromatic rings. The molecule has 1 atom stereocenters. The average molecular weight is 327 g/mol. The highest BCUT2D eigenvalue weighted by Gasteiger charge is 2.11. The molecule has 0 unspecified atom stereocenters. The number of rotatable bonds is 8. The van der Waals surface area contributed by atoms with Gasteiger partial charge in [0.05, 0.1) is 20.6 Å². The fraction of sp³-hybridized carbons (Fsp3) is 0.350. The summed E-state index contributed by atoms with van der Waals surface area (Å²) in [5.74, 6) is 1.09. The van der Waals surface area contributed by atoms with Gasteiger partial charge in [0.2, 0.25) is 0 Å². The number of carbonyl (C=O) groups is 1. The van der Waals surface area contributed by atoms with Crippen LogP contribution >= 0.6 is 0 Å². The molecule has 4 heteroatoms. The number of hydrogen-bond donors (Lipinski definition) is 2. The summed E-state index contributed by atoms with van der Waals surface area (Å²) in [6.45, 7) is 4.35. The van der Waals surface area contributed by atoms with Crippen LogP contribution in [0.4, 0.5) is 0 Å². The van der Waals surface area contributed by atoms with Crippen molar-refractivity contribution in [3.05, 3.63) is 65.7 Å². The van der Waals surface area contributed by atoms with Gasteiger partial charge in [-0.15, -0.1) is 0 Å². The Morgan fingerprint density at radius 2 is 1.88 bits per heavy atom. The SMILES string of the molecule is C[C@@H](CNC(=O)c1cccc(OCc2ccccc2)c1)C[NH+](C)C. The molecule has 2 rings (SSSR count). The van der Waals surface area contributed by atoms with Gasteiger partial charge < -0.3 is 15.0 Å². The highest BCUT2D eigenvalue weighted by Crippen LogP contribution is 2.15. The molecule has 0 saturated carbocycles. The zero-order valence-corrected chi connectivity index (χ0v) is 14.7. The van der Waals surface area contributed by atoms with Crippen molar-refractivity contribution in [2.24, 2.45) is 5.92 Å². The minimum absolute atomic E-state index is 0.0548. The van der Waals surface area contributed by atoms with Crippen molar-refractivity contribution < 1.29 is 14.4 Å². The summed E-state index contributed by atoms with van der Waals surface area (Å²) in [7, 11) is 4.23. The van der Waals surface area contributed by atoms with Gasteiger partial charge in [-0.2, -0.15) is 0 Å². The zero-order chi connectivity index (χ0) is 17.4. The summed E-state index contributed by atoms with van der Waals surface area (Å²) in [4.78, 5) is 13.7. The number of carbonyl (C=O) groups excluding carboxylic acids is 1. The quantitative estimate of drug-likeness (QED) is 0.776. The standard InChI is InChI=1S/C20H26N2O2/c1-16(14-22(2)3)13-21-20(23)18-10-7-11-19(12-18)24-15-17-8-5-4-6-9-17/h4-12,16H,13-15H2,1-3H3,(H,21,23)/p+1/t16-/m0/s1. The van der Waals surface area contributed by atoms with Crippen LogP contribution in [0.2, 0.25) is 0 Å². The van der Waals surface area contributed by atoms with Crippen molar-refractivity contribution in [1.29, 1.82) is 0 Å². The molecule has 0 aliphatic rings. The van der Waals surface area contributed by atoms with Crippen LogP contribution in [0, 0.1) is 5.92 Å². The Kier molecular flexibility index (Phi) is 6.82. The largest absolute Gasteiger partial charge is 0.489 e. The van der Waals surface area contributed by atoms with E-state index in [1.807, 2.05) is 48.5 Å². The molecule has 2 aromatic carbocycles. The third-order valence-electron chi connectivity index (χ3n) is 3.71. The molecule has 0 spiro atoms. The second kappa shape index (κ2) is 9.08. The maximum Gasteiger partial charge on any atom is 0.251 e.